The molecule has 3 aliphatic heterocycles. The molecule has 5 heterocycles. The monoisotopic (exact) mass is 891 g/mol. The third-order valence-electron chi connectivity index (χ3n) is 11.0. The number of nitrogens with zero attached hydrogens (tertiary/aromatic N) is 3. The number of hydrogen-bond donors (Lipinski definition) is 4. The number of nitrogens with one attached hydrogen (secondary N) is 4. The van der Waals surface area contributed by atoms with Crippen molar-refractivity contribution in [3.05, 3.63) is 98.8 Å². The number of piperidine rings is 2. The van der Waals surface area contributed by atoms with Crippen molar-refractivity contribution in [2.45, 2.75) is 56.1 Å². The Morgan fingerprint density at radius 1 is 0.968 bits per heavy atom. The molecule has 328 valence electrons. The van der Waals surface area contributed by atoms with Crippen LogP contribution < -0.4 is 21.3 Å². The lowest BCUT2D eigenvalue weighted by molar-refractivity contribution is -0.136. The molecule has 4 aromatic rings. The highest BCUT2D eigenvalue weighted by Gasteiger charge is 2.45. The number of benzene rings is 2. The number of thiophene rings is 1. The van der Waals surface area contributed by atoms with Gasteiger partial charge in [0.1, 0.15) is 11.9 Å². The summed E-state index contributed by atoms with van der Waals surface area (Å²) in [6, 6.07) is 13.3. The molecular formula is C43H47ClFN7O9S. The average Bonchev–Trinajstić information content (AvgIpc) is 3.94. The third kappa shape index (κ3) is 10.6. The fourth-order valence-corrected chi connectivity index (χ4v) is 9.32. The lowest BCUT2D eigenvalue weighted by Crippen LogP contribution is -2.54. The number of fused-ring (bicyclic) bond motifs is 1. The number of aromatic nitrogens is 2. The Kier molecular flexibility index (Phi) is 14.9. The molecule has 7 rings (SSSR count). The number of halogens is 2. The first kappa shape index (κ1) is 44.7. The predicted octanol–water partition coefficient (Wildman–Crippen LogP) is 3.39. The number of carbonyl (C=O) groups is 6. The number of aryl methyl sites for hydroxylation is 1. The van der Waals surface area contributed by atoms with Gasteiger partial charge in [0, 0.05) is 51.0 Å². The van der Waals surface area contributed by atoms with Gasteiger partial charge >= 0.3 is 0 Å². The molecule has 0 bridgehead atoms. The van der Waals surface area contributed by atoms with E-state index in [0.717, 1.165) is 21.0 Å². The normalized spacial score (nSPS) is 20.0. The van der Waals surface area contributed by atoms with Crippen LogP contribution in [-0.2, 0) is 42.1 Å². The summed E-state index contributed by atoms with van der Waals surface area (Å²) >= 11 is 7.62. The molecule has 6 amide bonds. The van der Waals surface area contributed by atoms with E-state index in [1.165, 1.54) is 23.5 Å². The molecule has 0 aliphatic carbocycles. The highest BCUT2D eigenvalue weighted by molar-refractivity contribution is 7.17. The molecule has 0 spiro atoms. The van der Waals surface area contributed by atoms with Gasteiger partial charge < -0.3 is 30.2 Å². The summed E-state index contributed by atoms with van der Waals surface area (Å²) in [5, 5.41) is 16.3. The Morgan fingerprint density at radius 3 is 2.47 bits per heavy atom. The lowest BCUT2D eigenvalue weighted by atomic mass is 9.81. The van der Waals surface area contributed by atoms with Crippen LogP contribution in [0, 0.1) is 5.82 Å². The van der Waals surface area contributed by atoms with Crippen LogP contribution in [-0.4, -0.2) is 121 Å². The third-order valence-corrected chi connectivity index (χ3v) is 12.4. The van der Waals surface area contributed by atoms with Crippen molar-refractivity contribution < 1.29 is 47.4 Å². The molecule has 2 saturated heterocycles. The van der Waals surface area contributed by atoms with E-state index >= 15 is 0 Å². The smallest absolute Gasteiger partial charge is 0.262 e. The maximum atomic E-state index is 14.4. The summed E-state index contributed by atoms with van der Waals surface area (Å²) in [5.74, 6) is -3.22. The van der Waals surface area contributed by atoms with Crippen molar-refractivity contribution in [2.75, 3.05) is 52.7 Å². The molecule has 2 fully saturated rings. The van der Waals surface area contributed by atoms with Gasteiger partial charge in [0.05, 0.1) is 77.4 Å². The van der Waals surface area contributed by atoms with Gasteiger partial charge in [-0.15, -0.1) is 11.3 Å². The number of amides is 6. The Bertz CT molecular complexity index is 2300. The Morgan fingerprint density at radius 2 is 1.73 bits per heavy atom. The van der Waals surface area contributed by atoms with Crippen LogP contribution in [0.15, 0.2) is 60.8 Å². The first-order valence-electron chi connectivity index (χ1n) is 20.4. The highest BCUT2D eigenvalue weighted by atomic mass is 35.5. The van der Waals surface area contributed by atoms with Gasteiger partial charge in [-0.1, -0.05) is 35.9 Å². The molecule has 3 aliphatic rings. The molecular weight excluding hydrogens is 845 g/mol. The second-order valence-corrected chi connectivity index (χ2v) is 16.6. The van der Waals surface area contributed by atoms with Crippen LogP contribution >= 0.6 is 22.9 Å². The van der Waals surface area contributed by atoms with E-state index in [4.69, 9.17) is 25.8 Å². The standard InChI is InChI=1S/C43H47ClFN7O9S/c1-51-39(31(44)23-48-51)34-9-10-35(62-34)41(56)49-32-24-47-28(21-30(32)26-5-2-6-27(45)20-26)22-37(54)46-13-15-60-17-19-61-18-16-59-14-12-25-4-3-7-29-38(25)43(58)52(42(29)57)33-8-11-36(53)50-40(33)55/h2-7,9-10,20,23,28,30,32-33,47H,8,11-19,21-22,24H2,1H3,(H,46,54)(H,49,56)(H,50,53,55)/t28-,30-,32+,33?/m0/s1. The number of carbonyl (C=O) groups excluding carboxylic acids is 6. The van der Waals surface area contributed by atoms with Crippen molar-refractivity contribution in [3.63, 3.8) is 0 Å². The zero-order chi connectivity index (χ0) is 43.8. The Balaban J connectivity index is 0.770. The second kappa shape index (κ2) is 20.7. The molecule has 19 heteroatoms. The summed E-state index contributed by atoms with van der Waals surface area (Å²) in [7, 11) is 1.78. The summed E-state index contributed by atoms with van der Waals surface area (Å²) < 4.78 is 32.9. The van der Waals surface area contributed by atoms with Gasteiger partial charge in [-0.05, 0) is 60.7 Å². The molecule has 4 N–H and O–H groups in total. The molecule has 2 aromatic carbocycles. The zero-order valence-corrected chi connectivity index (χ0v) is 35.5. The van der Waals surface area contributed by atoms with Crippen molar-refractivity contribution >= 4 is 58.4 Å². The maximum Gasteiger partial charge on any atom is 0.262 e. The van der Waals surface area contributed by atoms with E-state index in [1.54, 1.807) is 48.3 Å². The van der Waals surface area contributed by atoms with Crippen LogP contribution in [0.1, 0.15) is 73.1 Å². The summed E-state index contributed by atoms with van der Waals surface area (Å²) in [6.45, 7) is 2.46. The number of ether oxygens (including phenoxy) is 3. The molecule has 4 atom stereocenters. The molecule has 1 unspecified atom stereocenters. The summed E-state index contributed by atoms with van der Waals surface area (Å²) in [6.07, 6.45) is 2.76. The SMILES string of the molecule is Cn1ncc(Cl)c1-c1ccc(C(=O)N[C@@H]2CN[C@H](CC(=O)NCCOCCOCCOCCc3cccc4c3C(=O)N(C3CCC(=O)NC3=O)C4=O)C[C@H]2c2cccc(F)c2)s1. The van der Waals surface area contributed by atoms with Crippen LogP contribution in [0.3, 0.4) is 0 Å². The molecule has 2 aromatic heterocycles. The molecule has 62 heavy (non-hydrogen) atoms. The van der Waals surface area contributed by atoms with Crippen molar-refractivity contribution in [1.82, 2.24) is 35.9 Å². The number of rotatable bonds is 19. The predicted molar refractivity (Wildman–Crippen MR) is 225 cm³/mol. The first-order valence-corrected chi connectivity index (χ1v) is 21.6. The van der Waals surface area contributed by atoms with Crippen LogP contribution in [0.2, 0.25) is 5.02 Å². The van der Waals surface area contributed by atoms with E-state index in [0.29, 0.717) is 67.8 Å². The Hall–Kier alpha value is -5.37. The largest absolute Gasteiger partial charge is 0.379 e. The van der Waals surface area contributed by atoms with Crippen molar-refractivity contribution in [1.29, 1.82) is 0 Å². The lowest BCUT2D eigenvalue weighted by Gasteiger charge is -2.37. The number of imide groups is 2. The van der Waals surface area contributed by atoms with Crippen LogP contribution in [0.5, 0.6) is 0 Å². The van der Waals surface area contributed by atoms with E-state index in [2.05, 4.69) is 26.4 Å². The number of hydrogen-bond acceptors (Lipinski definition) is 12. The topological polar surface area (TPSA) is 199 Å². The second-order valence-electron chi connectivity index (χ2n) is 15.1. The van der Waals surface area contributed by atoms with E-state index in [9.17, 15) is 33.2 Å². The van der Waals surface area contributed by atoms with E-state index < -0.39 is 29.7 Å². The zero-order valence-electron chi connectivity index (χ0n) is 34.0. The van der Waals surface area contributed by atoms with Crippen LogP contribution in [0.4, 0.5) is 4.39 Å². The van der Waals surface area contributed by atoms with Gasteiger partial charge in [0.2, 0.25) is 17.7 Å². The van der Waals surface area contributed by atoms with Gasteiger partial charge in [0.15, 0.2) is 0 Å². The minimum Gasteiger partial charge on any atom is -0.379 e. The molecule has 0 radical (unpaired) electrons. The maximum absolute atomic E-state index is 14.4. The first-order chi connectivity index (χ1) is 30.0. The minimum absolute atomic E-state index is 0.0515. The van der Waals surface area contributed by atoms with E-state index in [-0.39, 0.29) is 79.2 Å². The van der Waals surface area contributed by atoms with Gasteiger partial charge in [-0.3, -0.25) is 43.7 Å². The highest BCUT2D eigenvalue weighted by Crippen LogP contribution is 2.35. The molecule has 16 nitrogen and oxygen atoms in total. The van der Waals surface area contributed by atoms with Gasteiger partial charge in [-0.2, -0.15) is 5.10 Å². The van der Waals surface area contributed by atoms with Crippen molar-refractivity contribution in [2.24, 2.45) is 7.05 Å². The van der Waals surface area contributed by atoms with E-state index in [1.807, 2.05) is 12.1 Å². The van der Waals surface area contributed by atoms with Gasteiger partial charge in [0.25, 0.3) is 17.7 Å². The quantitative estimate of drug-likeness (QED) is 0.0796. The fourth-order valence-electron chi connectivity index (χ4n) is 7.99. The average molecular weight is 892 g/mol. The summed E-state index contributed by atoms with van der Waals surface area (Å²) in [5.41, 5.74) is 2.58. The Labute approximate surface area is 365 Å². The fraction of sp³-hybridized carbons (Fsp3) is 0.419. The minimum atomic E-state index is -1.02. The van der Waals surface area contributed by atoms with Crippen LogP contribution in [0.25, 0.3) is 10.6 Å². The van der Waals surface area contributed by atoms with Crippen molar-refractivity contribution in [3.8, 4) is 10.6 Å². The van der Waals surface area contributed by atoms with Gasteiger partial charge in [-0.25, -0.2) is 4.39 Å². The molecule has 0 saturated carbocycles. The summed E-state index contributed by atoms with van der Waals surface area (Å²) in [4.78, 5) is 78.8.